The van der Waals surface area contributed by atoms with Crippen LogP contribution in [0, 0.1) is 12.3 Å². The fraction of sp³-hybridized carbons (Fsp3) is 0.308. The van der Waals surface area contributed by atoms with E-state index in [1.807, 2.05) is 25.1 Å². The zero-order valence-electron chi connectivity index (χ0n) is 20.5. The van der Waals surface area contributed by atoms with E-state index >= 15 is 0 Å². The lowest BCUT2D eigenvalue weighted by atomic mass is 9.98. The van der Waals surface area contributed by atoms with Crippen LogP contribution in [0.1, 0.15) is 24.8 Å². The summed E-state index contributed by atoms with van der Waals surface area (Å²) in [6.45, 7) is 2.86. The Labute approximate surface area is 209 Å². The standard InChI is InChI=1S/C26H29N5O5/c1-15-13-17(7-8-19(15)31-11-4-5-22(31)32)30-12-10-18(23(27)25(28)33)24(26(30)34)29-16-6-9-20(35-2)21(14-16)36-3/h6-9,13-14,27,29H,4-5,10-12H2,1-3H3,(H2,28,33). The molecule has 2 aliphatic heterocycles. The monoisotopic (exact) mass is 491 g/mol. The van der Waals surface area contributed by atoms with Crippen molar-refractivity contribution in [3.8, 4) is 11.5 Å². The largest absolute Gasteiger partial charge is 0.493 e. The molecule has 0 unspecified atom stereocenters. The second-order valence-electron chi connectivity index (χ2n) is 8.61. The van der Waals surface area contributed by atoms with Crippen LogP contribution in [0.5, 0.6) is 11.5 Å². The number of ether oxygens (including phenoxy) is 2. The third-order valence-corrected chi connectivity index (χ3v) is 6.40. The fourth-order valence-corrected chi connectivity index (χ4v) is 4.56. The van der Waals surface area contributed by atoms with Gasteiger partial charge in [-0.25, -0.2) is 0 Å². The minimum atomic E-state index is -0.909. The number of hydrogen-bond donors (Lipinski definition) is 3. The maximum Gasteiger partial charge on any atom is 0.275 e. The van der Waals surface area contributed by atoms with Crippen LogP contribution in [0.2, 0.25) is 0 Å². The van der Waals surface area contributed by atoms with Gasteiger partial charge in [0.15, 0.2) is 11.5 Å². The molecule has 0 bridgehead atoms. The normalized spacial score (nSPS) is 15.9. The van der Waals surface area contributed by atoms with Crippen LogP contribution in [0.25, 0.3) is 0 Å². The van der Waals surface area contributed by atoms with Gasteiger partial charge in [-0.3, -0.25) is 19.8 Å². The van der Waals surface area contributed by atoms with E-state index in [-0.39, 0.29) is 30.1 Å². The van der Waals surface area contributed by atoms with Gasteiger partial charge in [-0.05, 0) is 55.7 Å². The molecule has 0 radical (unpaired) electrons. The summed E-state index contributed by atoms with van der Waals surface area (Å²) < 4.78 is 10.6. The van der Waals surface area contributed by atoms with E-state index in [0.717, 1.165) is 17.7 Å². The van der Waals surface area contributed by atoms with Crippen molar-refractivity contribution >= 4 is 40.5 Å². The van der Waals surface area contributed by atoms with Crippen molar-refractivity contribution in [2.75, 3.05) is 42.4 Å². The Bertz CT molecular complexity index is 1290. The van der Waals surface area contributed by atoms with E-state index in [0.29, 0.717) is 35.8 Å². The van der Waals surface area contributed by atoms with Gasteiger partial charge in [0.05, 0.1) is 14.2 Å². The number of hydrogen-bond acceptors (Lipinski definition) is 7. The van der Waals surface area contributed by atoms with E-state index in [1.165, 1.54) is 14.2 Å². The number of benzene rings is 2. The summed E-state index contributed by atoms with van der Waals surface area (Å²) in [5.41, 5.74) is 8.20. The molecule has 0 aliphatic carbocycles. The van der Waals surface area contributed by atoms with Crippen molar-refractivity contribution in [3.63, 3.8) is 0 Å². The Hall–Kier alpha value is -4.34. The molecule has 0 aromatic heterocycles. The summed E-state index contributed by atoms with van der Waals surface area (Å²) in [5, 5.41) is 11.3. The molecule has 2 heterocycles. The van der Waals surface area contributed by atoms with Gasteiger partial charge in [0.1, 0.15) is 11.4 Å². The van der Waals surface area contributed by atoms with E-state index in [1.54, 1.807) is 28.0 Å². The highest BCUT2D eigenvalue weighted by Gasteiger charge is 2.32. The maximum atomic E-state index is 13.7. The predicted octanol–water partition coefficient (Wildman–Crippen LogP) is 2.75. The van der Waals surface area contributed by atoms with Crippen LogP contribution in [-0.2, 0) is 14.4 Å². The highest BCUT2D eigenvalue weighted by atomic mass is 16.5. The first-order valence-corrected chi connectivity index (χ1v) is 11.6. The van der Waals surface area contributed by atoms with Crippen LogP contribution in [0.4, 0.5) is 17.1 Å². The number of aryl methyl sites for hydroxylation is 1. The van der Waals surface area contributed by atoms with Crippen LogP contribution in [-0.4, -0.2) is 50.7 Å². The third-order valence-electron chi connectivity index (χ3n) is 6.40. The lowest BCUT2D eigenvalue weighted by Gasteiger charge is -2.31. The molecule has 2 aliphatic rings. The maximum absolute atomic E-state index is 13.7. The van der Waals surface area contributed by atoms with Crippen molar-refractivity contribution < 1.29 is 23.9 Å². The lowest BCUT2D eigenvalue weighted by molar-refractivity contribution is -0.117. The summed E-state index contributed by atoms with van der Waals surface area (Å²) in [4.78, 5) is 41.1. The quantitative estimate of drug-likeness (QED) is 0.486. The molecule has 0 saturated carbocycles. The number of rotatable bonds is 8. The fourth-order valence-electron chi connectivity index (χ4n) is 4.56. The summed E-state index contributed by atoms with van der Waals surface area (Å²) in [7, 11) is 3.03. The molecule has 10 nitrogen and oxygen atoms in total. The highest BCUT2D eigenvalue weighted by molar-refractivity contribution is 6.44. The van der Waals surface area contributed by atoms with Crippen LogP contribution in [0.3, 0.4) is 0 Å². The molecule has 36 heavy (non-hydrogen) atoms. The molecule has 2 aromatic rings. The first-order valence-electron chi connectivity index (χ1n) is 11.6. The molecule has 1 fully saturated rings. The molecular formula is C26H29N5O5. The first-order chi connectivity index (χ1) is 17.2. The van der Waals surface area contributed by atoms with Gasteiger partial charge in [-0.1, -0.05) is 0 Å². The Kier molecular flexibility index (Phi) is 6.96. The predicted molar refractivity (Wildman–Crippen MR) is 137 cm³/mol. The molecule has 1 saturated heterocycles. The summed E-state index contributed by atoms with van der Waals surface area (Å²) in [6.07, 6.45) is 1.63. The van der Waals surface area contributed by atoms with Gasteiger partial charge >= 0.3 is 0 Å². The van der Waals surface area contributed by atoms with Crippen molar-refractivity contribution in [2.24, 2.45) is 5.73 Å². The van der Waals surface area contributed by atoms with Crippen molar-refractivity contribution in [2.45, 2.75) is 26.2 Å². The SMILES string of the molecule is COc1ccc(NC2=C(C(=N)C(N)=O)CCN(c3ccc(N4CCCC4=O)c(C)c3)C2=O)cc1OC. The van der Waals surface area contributed by atoms with Gasteiger partial charge in [-0.2, -0.15) is 0 Å². The zero-order valence-corrected chi connectivity index (χ0v) is 20.5. The van der Waals surface area contributed by atoms with E-state index in [9.17, 15) is 14.4 Å². The van der Waals surface area contributed by atoms with Crippen molar-refractivity contribution in [1.29, 1.82) is 5.41 Å². The Balaban J connectivity index is 1.69. The second-order valence-corrected chi connectivity index (χ2v) is 8.61. The van der Waals surface area contributed by atoms with Gasteiger partial charge in [-0.15, -0.1) is 0 Å². The molecule has 0 atom stereocenters. The van der Waals surface area contributed by atoms with E-state index < -0.39 is 17.5 Å². The first kappa shape index (κ1) is 24.8. The lowest BCUT2D eigenvalue weighted by Crippen LogP contribution is -2.42. The molecule has 2 aromatic carbocycles. The number of methoxy groups -OCH3 is 2. The van der Waals surface area contributed by atoms with Crippen LogP contribution in [0.15, 0.2) is 47.7 Å². The Morgan fingerprint density at radius 1 is 1.00 bits per heavy atom. The van der Waals surface area contributed by atoms with Crippen LogP contribution < -0.4 is 30.3 Å². The average Bonchev–Trinajstić information content (AvgIpc) is 3.29. The smallest absolute Gasteiger partial charge is 0.275 e. The molecule has 188 valence electrons. The number of carbonyl (C=O) groups is 3. The van der Waals surface area contributed by atoms with Crippen LogP contribution >= 0.6 is 0 Å². The van der Waals surface area contributed by atoms with Gasteiger partial charge in [0, 0.05) is 48.2 Å². The number of nitrogens with zero attached hydrogens (tertiary/aromatic N) is 2. The minimum Gasteiger partial charge on any atom is -0.493 e. The molecule has 4 rings (SSSR count). The van der Waals surface area contributed by atoms with Gasteiger partial charge in [0.25, 0.3) is 11.8 Å². The number of amides is 3. The topological polar surface area (TPSA) is 138 Å². The summed E-state index contributed by atoms with van der Waals surface area (Å²) >= 11 is 0. The summed E-state index contributed by atoms with van der Waals surface area (Å²) in [6, 6.07) is 10.6. The summed E-state index contributed by atoms with van der Waals surface area (Å²) in [5.74, 6) is -0.239. The van der Waals surface area contributed by atoms with E-state index in [2.05, 4.69) is 5.32 Å². The number of anilines is 3. The Morgan fingerprint density at radius 2 is 1.75 bits per heavy atom. The molecule has 4 N–H and O–H groups in total. The second kappa shape index (κ2) is 10.1. The van der Waals surface area contributed by atoms with Gasteiger partial charge < -0.3 is 30.3 Å². The van der Waals surface area contributed by atoms with Crippen molar-refractivity contribution in [1.82, 2.24) is 0 Å². The third kappa shape index (κ3) is 4.61. The highest BCUT2D eigenvalue weighted by Crippen LogP contribution is 2.34. The zero-order chi connectivity index (χ0) is 26.0. The number of nitrogens with two attached hydrogens (primary N) is 1. The van der Waals surface area contributed by atoms with E-state index in [4.69, 9.17) is 20.6 Å². The molecule has 0 spiro atoms. The average molecular weight is 492 g/mol. The molecular weight excluding hydrogens is 462 g/mol. The Morgan fingerprint density at radius 3 is 2.36 bits per heavy atom. The number of nitrogens with one attached hydrogen (secondary N) is 2. The van der Waals surface area contributed by atoms with Gasteiger partial charge in [0.2, 0.25) is 5.91 Å². The molecule has 10 heteroatoms. The number of primary amides is 1. The minimum absolute atomic E-state index is 0.0914. The number of carbonyl (C=O) groups excluding carboxylic acids is 3. The molecule has 3 amide bonds. The van der Waals surface area contributed by atoms with Crippen molar-refractivity contribution in [3.05, 3.63) is 53.2 Å².